The van der Waals surface area contributed by atoms with E-state index in [2.05, 4.69) is 0 Å². The van der Waals surface area contributed by atoms with Gasteiger partial charge in [0.25, 0.3) is 0 Å². The van der Waals surface area contributed by atoms with Crippen LogP contribution in [0.25, 0.3) is 0 Å². The lowest BCUT2D eigenvalue weighted by molar-refractivity contribution is -0.141. The zero-order valence-electron chi connectivity index (χ0n) is 14.5. The van der Waals surface area contributed by atoms with Crippen molar-refractivity contribution in [1.29, 1.82) is 0 Å². The summed E-state index contributed by atoms with van der Waals surface area (Å²) in [4.78, 5) is 24.8. The topological polar surface area (TPSA) is 76.7 Å². The molecule has 6 heteroatoms. The molecule has 134 valence electrons. The molecular weight excluding hydrogens is 340 g/mol. The molecule has 2 rings (SSSR count). The molecule has 0 saturated carbocycles. The van der Waals surface area contributed by atoms with Gasteiger partial charge in [0.1, 0.15) is 5.76 Å². The van der Waals surface area contributed by atoms with E-state index in [1.54, 1.807) is 0 Å². The molecule has 5 nitrogen and oxygen atoms in total. The summed E-state index contributed by atoms with van der Waals surface area (Å²) in [5.41, 5.74) is -0.500. The maximum Gasteiger partial charge on any atom is 0.306 e. The molecule has 2 aromatic rings. The quantitative estimate of drug-likeness (QED) is 0.594. The number of carbonyl (C=O) groups is 1. The van der Waals surface area contributed by atoms with E-state index in [4.69, 9.17) is 9.15 Å². The first-order valence-electron chi connectivity index (χ1n) is 8.03. The van der Waals surface area contributed by atoms with Crippen LogP contribution in [0.2, 0.25) is 0 Å². The van der Waals surface area contributed by atoms with Crippen molar-refractivity contribution in [2.45, 2.75) is 36.8 Å². The molecule has 1 N–H and O–H groups in total. The number of hydrogen-bond donors (Lipinski definition) is 1. The van der Waals surface area contributed by atoms with Crippen molar-refractivity contribution in [2.24, 2.45) is 5.92 Å². The highest BCUT2D eigenvalue weighted by atomic mass is 32.2. The smallest absolute Gasteiger partial charge is 0.306 e. The largest absolute Gasteiger partial charge is 0.502 e. The highest BCUT2D eigenvalue weighted by molar-refractivity contribution is 7.98. The number of rotatable bonds is 7. The molecule has 1 atom stereocenters. The van der Waals surface area contributed by atoms with Crippen molar-refractivity contribution < 1.29 is 19.1 Å². The summed E-state index contributed by atoms with van der Waals surface area (Å²) in [6.45, 7) is 3.80. The van der Waals surface area contributed by atoms with E-state index in [0.717, 1.165) is 4.90 Å². The van der Waals surface area contributed by atoms with E-state index < -0.39 is 23.1 Å². The van der Waals surface area contributed by atoms with E-state index in [0.29, 0.717) is 11.5 Å². The van der Waals surface area contributed by atoms with Crippen LogP contribution in [-0.2, 0) is 15.3 Å². The lowest BCUT2D eigenvalue weighted by Gasteiger charge is -2.20. The average Bonchev–Trinajstić information content (AvgIpc) is 2.61. The van der Waals surface area contributed by atoms with Gasteiger partial charge in [0.15, 0.2) is 5.76 Å². The number of thioether (sulfide) groups is 1. The zero-order valence-corrected chi connectivity index (χ0v) is 15.3. The highest BCUT2D eigenvalue weighted by Crippen LogP contribution is 2.34. The summed E-state index contributed by atoms with van der Waals surface area (Å²) < 4.78 is 10.5. The first-order valence-corrected chi connectivity index (χ1v) is 9.01. The predicted molar refractivity (Wildman–Crippen MR) is 96.9 cm³/mol. The van der Waals surface area contributed by atoms with E-state index >= 15 is 0 Å². The molecule has 0 aliphatic carbocycles. The zero-order chi connectivity index (χ0) is 18.4. The number of hydrogen-bond acceptors (Lipinski definition) is 6. The van der Waals surface area contributed by atoms with Gasteiger partial charge < -0.3 is 14.3 Å². The first kappa shape index (κ1) is 19.1. The molecule has 1 aromatic heterocycles. The lowest BCUT2D eigenvalue weighted by atomic mass is 9.89. The lowest BCUT2D eigenvalue weighted by Crippen LogP contribution is -2.16. The average molecular weight is 362 g/mol. The molecule has 1 unspecified atom stereocenters. The Morgan fingerprint density at radius 3 is 2.56 bits per heavy atom. The fourth-order valence-electron chi connectivity index (χ4n) is 2.44. The molecular formula is C19H22O5S. The summed E-state index contributed by atoms with van der Waals surface area (Å²) in [7, 11) is 1.31. The van der Waals surface area contributed by atoms with Gasteiger partial charge in [-0.2, -0.15) is 0 Å². The SMILES string of the molecule is COC(=O)CC(c1oc(CSc2ccccc2)cc(=O)c1O)C(C)C. The van der Waals surface area contributed by atoms with Gasteiger partial charge in [0.2, 0.25) is 11.2 Å². The van der Waals surface area contributed by atoms with Gasteiger partial charge >= 0.3 is 5.97 Å². The van der Waals surface area contributed by atoms with Crippen LogP contribution in [0.15, 0.2) is 50.5 Å². The van der Waals surface area contributed by atoms with Gasteiger partial charge in [-0.25, -0.2) is 0 Å². The molecule has 0 bridgehead atoms. The minimum absolute atomic E-state index is 0.00910. The van der Waals surface area contributed by atoms with Gasteiger partial charge in [-0.1, -0.05) is 32.0 Å². The number of methoxy groups -OCH3 is 1. The predicted octanol–water partition coefficient (Wildman–Crippen LogP) is 3.94. The van der Waals surface area contributed by atoms with E-state index in [1.165, 1.54) is 24.9 Å². The van der Waals surface area contributed by atoms with Crippen LogP contribution in [-0.4, -0.2) is 18.2 Å². The fraction of sp³-hybridized carbons (Fsp3) is 0.368. The maximum absolute atomic E-state index is 12.1. The van der Waals surface area contributed by atoms with Crippen LogP contribution in [0.5, 0.6) is 5.75 Å². The molecule has 0 spiro atoms. The number of ether oxygens (including phenoxy) is 1. The third kappa shape index (κ3) is 5.13. The maximum atomic E-state index is 12.1. The number of carbonyl (C=O) groups excluding carboxylic acids is 1. The van der Waals surface area contributed by atoms with Crippen molar-refractivity contribution in [3.8, 4) is 5.75 Å². The minimum atomic E-state index is -0.500. The Bertz CT molecular complexity index is 767. The van der Waals surface area contributed by atoms with Crippen molar-refractivity contribution in [3.05, 3.63) is 58.1 Å². The molecule has 0 amide bonds. The van der Waals surface area contributed by atoms with Crippen molar-refractivity contribution in [1.82, 2.24) is 0 Å². The van der Waals surface area contributed by atoms with E-state index in [9.17, 15) is 14.7 Å². The van der Waals surface area contributed by atoms with Crippen LogP contribution in [0.1, 0.15) is 37.7 Å². The standard InChI is InChI=1S/C19H22O5S/c1-12(2)15(10-17(21)23-3)19-18(22)16(20)9-13(24-19)11-25-14-7-5-4-6-8-14/h4-9,12,15,22H,10-11H2,1-3H3. The summed E-state index contributed by atoms with van der Waals surface area (Å²) in [6, 6.07) is 11.0. The number of aromatic hydroxyl groups is 1. The summed E-state index contributed by atoms with van der Waals surface area (Å²) in [6.07, 6.45) is 0.0416. The Kier molecular flexibility index (Phi) is 6.70. The second-order valence-electron chi connectivity index (χ2n) is 6.02. The van der Waals surface area contributed by atoms with Crippen molar-refractivity contribution in [2.75, 3.05) is 7.11 Å². The van der Waals surface area contributed by atoms with Crippen LogP contribution in [0, 0.1) is 5.92 Å². The van der Waals surface area contributed by atoms with Crippen LogP contribution in [0.3, 0.4) is 0 Å². The van der Waals surface area contributed by atoms with Crippen molar-refractivity contribution >= 4 is 17.7 Å². The van der Waals surface area contributed by atoms with E-state index in [1.807, 2.05) is 44.2 Å². The molecule has 1 heterocycles. The molecule has 0 fully saturated rings. The molecule has 0 aliphatic heterocycles. The van der Waals surface area contributed by atoms with Crippen molar-refractivity contribution in [3.63, 3.8) is 0 Å². The van der Waals surface area contributed by atoms with Gasteiger partial charge in [-0.05, 0) is 18.1 Å². The Labute approximate surface area is 151 Å². The third-order valence-electron chi connectivity index (χ3n) is 3.88. The van der Waals surface area contributed by atoms with Gasteiger partial charge in [-0.3, -0.25) is 9.59 Å². The molecule has 0 saturated heterocycles. The highest BCUT2D eigenvalue weighted by Gasteiger charge is 2.27. The Morgan fingerprint density at radius 1 is 1.28 bits per heavy atom. The van der Waals surface area contributed by atoms with Gasteiger partial charge in [-0.15, -0.1) is 11.8 Å². The van der Waals surface area contributed by atoms with Gasteiger partial charge in [0, 0.05) is 16.9 Å². The van der Waals surface area contributed by atoms with Crippen LogP contribution < -0.4 is 5.43 Å². The Balaban J connectivity index is 2.29. The van der Waals surface area contributed by atoms with Gasteiger partial charge in [0.05, 0.1) is 19.3 Å². The van der Waals surface area contributed by atoms with Crippen LogP contribution >= 0.6 is 11.8 Å². The monoisotopic (exact) mass is 362 g/mol. The summed E-state index contributed by atoms with van der Waals surface area (Å²) >= 11 is 1.53. The molecule has 0 radical (unpaired) electrons. The summed E-state index contributed by atoms with van der Waals surface area (Å²) in [5.74, 6) is -0.220. The number of benzene rings is 1. The molecule has 1 aromatic carbocycles. The second-order valence-corrected chi connectivity index (χ2v) is 7.07. The van der Waals surface area contributed by atoms with E-state index in [-0.39, 0.29) is 18.1 Å². The summed E-state index contributed by atoms with van der Waals surface area (Å²) in [5, 5.41) is 10.1. The Hall–Kier alpha value is -2.21. The Morgan fingerprint density at radius 2 is 1.96 bits per heavy atom. The second kappa shape index (κ2) is 8.76. The molecule has 25 heavy (non-hydrogen) atoms. The molecule has 0 aliphatic rings. The normalized spacial score (nSPS) is 12.2. The number of esters is 1. The third-order valence-corrected chi connectivity index (χ3v) is 4.91. The van der Waals surface area contributed by atoms with Crippen LogP contribution in [0.4, 0.5) is 0 Å². The minimum Gasteiger partial charge on any atom is -0.502 e. The fourth-order valence-corrected chi connectivity index (χ4v) is 3.24. The first-order chi connectivity index (χ1) is 11.9.